The molecule has 0 spiro atoms. The fourth-order valence-electron chi connectivity index (χ4n) is 0.683. The van der Waals surface area contributed by atoms with Crippen LogP contribution in [0.3, 0.4) is 0 Å². The number of hydrogen-bond donors (Lipinski definition) is 2. The van der Waals surface area contributed by atoms with Crippen LogP contribution in [0.4, 0.5) is 0 Å². The molecule has 10 heavy (non-hydrogen) atoms. The lowest BCUT2D eigenvalue weighted by molar-refractivity contribution is 0.101. The number of nitrogens with two attached hydrogens (primary N) is 2. The third kappa shape index (κ3) is 5.97. The maximum Gasteiger partial charge on any atom is 0.0681 e. The second kappa shape index (κ2) is 6.95. The molecular formula is C6H16N2O2. The average molecular weight is 148 g/mol. The van der Waals surface area contributed by atoms with Crippen LogP contribution >= 0.6 is 0 Å². The second-order valence-electron chi connectivity index (χ2n) is 2.42. The molecule has 0 unspecified atom stereocenters. The monoisotopic (exact) mass is 148 g/mol. The molecule has 0 fully saturated rings. The lowest BCUT2D eigenvalue weighted by Crippen LogP contribution is -2.09. The van der Waals surface area contributed by atoms with E-state index in [0.717, 1.165) is 12.8 Å². The molecule has 0 aliphatic rings. The van der Waals surface area contributed by atoms with Gasteiger partial charge in [0.1, 0.15) is 0 Å². The first kappa shape index (κ1) is 9.84. The molecule has 0 radical (unpaired) electrons. The molecule has 0 amide bonds. The van der Waals surface area contributed by atoms with Crippen LogP contribution in [0.2, 0.25) is 0 Å². The molecule has 0 saturated heterocycles. The summed E-state index contributed by atoms with van der Waals surface area (Å²) in [5.74, 6) is 10.3. The summed E-state index contributed by atoms with van der Waals surface area (Å²) in [6.07, 6.45) is 1.92. The minimum Gasteiger partial charge on any atom is -0.305 e. The van der Waals surface area contributed by atoms with Crippen LogP contribution in [0.5, 0.6) is 0 Å². The maximum absolute atomic E-state index is 4.85. The summed E-state index contributed by atoms with van der Waals surface area (Å²) >= 11 is 0. The summed E-state index contributed by atoms with van der Waals surface area (Å²) in [6, 6.07) is 0. The molecule has 0 aliphatic heterocycles. The molecule has 0 atom stereocenters. The zero-order valence-corrected chi connectivity index (χ0v) is 6.38. The molecule has 4 nitrogen and oxygen atoms in total. The summed E-state index contributed by atoms with van der Waals surface area (Å²) in [5, 5.41) is 0. The van der Waals surface area contributed by atoms with E-state index in [4.69, 9.17) is 11.8 Å². The van der Waals surface area contributed by atoms with Crippen molar-refractivity contribution in [3.63, 3.8) is 0 Å². The highest BCUT2D eigenvalue weighted by Crippen LogP contribution is 2.05. The minimum absolute atomic E-state index is 0.562. The largest absolute Gasteiger partial charge is 0.305 e. The predicted octanol–water partition coefficient (Wildman–Crippen LogP) is 0.183. The molecule has 0 aromatic heterocycles. The van der Waals surface area contributed by atoms with Gasteiger partial charge in [-0.25, -0.2) is 11.8 Å². The van der Waals surface area contributed by atoms with Crippen LogP contribution < -0.4 is 11.8 Å². The zero-order chi connectivity index (χ0) is 7.82. The normalized spacial score (nSPS) is 10.8. The van der Waals surface area contributed by atoms with Gasteiger partial charge in [0, 0.05) is 0 Å². The van der Waals surface area contributed by atoms with Crippen LogP contribution in [0.15, 0.2) is 0 Å². The van der Waals surface area contributed by atoms with E-state index in [2.05, 4.69) is 16.6 Å². The van der Waals surface area contributed by atoms with Crippen molar-refractivity contribution in [2.24, 2.45) is 17.7 Å². The van der Waals surface area contributed by atoms with E-state index < -0.39 is 0 Å². The fourth-order valence-corrected chi connectivity index (χ4v) is 0.683. The molecule has 0 aliphatic carbocycles. The van der Waals surface area contributed by atoms with Gasteiger partial charge in [-0.05, 0) is 18.8 Å². The van der Waals surface area contributed by atoms with Gasteiger partial charge in [-0.3, -0.25) is 0 Å². The highest BCUT2D eigenvalue weighted by Gasteiger charge is 2.00. The molecular weight excluding hydrogens is 132 g/mol. The Morgan fingerprint density at radius 2 is 1.50 bits per heavy atom. The predicted molar refractivity (Wildman–Crippen MR) is 38.7 cm³/mol. The molecule has 4 heteroatoms. The van der Waals surface area contributed by atoms with E-state index in [0.29, 0.717) is 19.1 Å². The zero-order valence-electron chi connectivity index (χ0n) is 6.38. The van der Waals surface area contributed by atoms with Gasteiger partial charge in [0.15, 0.2) is 0 Å². The summed E-state index contributed by atoms with van der Waals surface area (Å²) in [7, 11) is 0. The summed E-state index contributed by atoms with van der Waals surface area (Å²) in [6.45, 7) is 3.31. The quantitative estimate of drug-likeness (QED) is 0.527. The summed E-state index contributed by atoms with van der Waals surface area (Å²) in [5.41, 5.74) is 0. The Hall–Kier alpha value is -0.160. The van der Waals surface area contributed by atoms with Crippen molar-refractivity contribution in [2.75, 3.05) is 13.2 Å². The highest BCUT2D eigenvalue weighted by atomic mass is 16.6. The lowest BCUT2D eigenvalue weighted by atomic mass is 10.1. The first-order valence-electron chi connectivity index (χ1n) is 3.44. The van der Waals surface area contributed by atoms with Crippen molar-refractivity contribution in [3.05, 3.63) is 0 Å². The van der Waals surface area contributed by atoms with Crippen LogP contribution in [0.1, 0.15) is 19.8 Å². The van der Waals surface area contributed by atoms with Crippen molar-refractivity contribution in [1.29, 1.82) is 0 Å². The fraction of sp³-hybridized carbons (Fsp3) is 1.00. The Morgan fingerprint density at radius 1 is 1.10 bits per heavy atom. The van der Waals surface area contributed by atoms with Gasteiger partial charge < -0.3 is 9.68 Å². The molecule has 0 heterocycles. The van der Waals surface area contributed by atoms with E-state index in [1.165, 1.54) is 0 Å². The van der Waals surface area contributed by atoms with Crippen molar-refractivity contribution < 1.29 is 9.68 Å². The Labute approximate surface area is 61.4 Å². The molecule has 0 bridgehead atoms. The lowest BCUT2D eigenvalue weighted by Gasteiger charge is -2.07. The van der Waals surface area contributed by atoms with E-state index in [1.807, 2.05) is 0 Å². The standard InChI is InChI=1S/C6H16N2O2/c1-6(2-4-9-7)3-5-10-8/h6H,2-5,7-8H2,1H3. The van der Waals surface area contributed by atoms with Crippen LogP contribution in [0, 0.1) is 5.92 Å². The van der Waals surface area contributed by atoms with Gasteiger partial charge in [-0.2, -0.15) is 0 Å². The van der Waals surface area contributed by atoms with Crippen LogP contribution in [-0.2, 0) is 9.68 Å². The van der Waals surface area contributed by atoms with E-state index in [-0.39, 0.29) is 0 Å². The Bertz CT molecular complexity index is 62.8. The molecule has 0 rings (SSSR count). The number of hydrogen-bond acceptors (Lipinski definition) is 4. The van der Waals surface area contributed by atoms with E-state index in [1.54, 1.807) is 0 Å². The van der Waals surface area contributed by atoms with Gasteiger partial charge in [-0.1, -0.05) is 6.92 Å². The van der Waals surface area contributed by atoms with Gasteiger partial charge in [0.25, 0.3) is 0 Å². The highest BCUT2D eigenvalue weighted by molar-refractivity contribution is 4.50. The third-order valence-electron chi connectivity index (χ3n) is 1.46. The van der Waals surface area contributed by atoms with E-state index >= 15 is 0 Å². The smallest absolute Gasteiger partial charge is 0.0681 e. The molecule has 4 N–H and O–H groups in total. The van der Waals surface area contributed by atoms with Gasteiger partial charge in [-0.15, -0.1) is 0 Å². The van der Waals surface area contributed by atoms with Crippen LogP contribution in [-0.4, -0.2) is 13.2 Å². The summed E-state index contributed by atoms with van der Waals surface area (Å²) in [4.78, 5) is 8.84. The Morgan fingerprint density at radius 3 is 1.80 bits per heavy atom. The van der Waals surface area contributed by atoms with Crippen molar-refractivity contribution in [3.8, 4) is 0 Å². The van der Waals surface area contributed by atoms with E-state index in [9.17, 15) is 0 Å². The number of rotatable bonds is 6. The minimum atomic E-state index is 0.562. The first-order valence-corrected chi connectivity index (χ1v) is 3.44. The third-order valence-corrected chi connectivity index (χ3v) is 1.46. The average Bonchev–Trinajstić information content (AvgIpc) is 1.97. The van der Waals surface area contributed by atoms with Crippen molar-refractivity contribution in [2.45, 2.75) is 19.8 Å². The SMILES string of the molecule is CC(CCON)CCON. The van der Waals surface area contributed by atoms with Crippen molar-refractivity contribution >= 4 is 0 Å². The molecule has 0 saturated carbocycles. The maximum atomic E-state index is 4.85. The van der Waals surface area contributed by atoms with Gasteiger partial charge in [0.05, 0.1) is 13.2 Å². The van der Waals surface area contributed by atoms with Gasteiger partial charge in [0.2, 0.25) is 0 Å². The molecule has 0 aromatic rings. The Balaban J connectivity index is 3.00. The topological polar surface area (TPSA) is 70.5 Å². The molecule has 0 aromatic carbocycles. The second-order valence-corrected chi connectivity index (χ2v) is 2.42. The molecule has 62 valence electrons. The van der Waals surface area contributed by atoms with Crippen molar-refractivity contribution in [1.82, 2.24) is 0 Å². The van der Waals surface area contributed by atoms with Crippen LogP contribution in [0.25, 0.3) is 0 Å². The van der Waals surface area contributed by atoms with Gasteiger partial charge >= 0.3 is 0 Å². The Kier molecular flexibility index (Phi) is 6.84. The first-order chi connectivity index (χ1) is 4.81. The summed E-state index contributed by atoms with van der Waals surface area (Å²) < 4.78 is 0.